The number of carbonyl (C=O) groups excluding carboxylic acids is 3. The predicted molar refractivity (Wildman–Crippen MR) is 92.3 cm³/mol. The lowest BCUT2D eigenvalue weighted by Crippen LogP contribution is -2.33. The van der Waals surface area contributed by atoms with Crippen LogP contribution in [0.1, 0.15) is 25.8 Å². The number of methoxy groups -OCH3 is 1. The van der Waals surface area contributed by atoms with Crippen LogP contribution in [0.5, 0.6) is 5.75 Å². The molecular formula is C18H24N2O5. The molecule has 1 atom stereocenters. The van der Waals surface area contributed by atoms with E-state index in [4.69, 9.17) is 4.74 Å². The molecule has 7 heteroatoms. The summed E-state index contributed by atoms with van der Waals surface area (Å²) in [5, 5.41) is 2.87. The highest BCUT2D eigenvalue weighted by atomic mass is 16.6. The van der Waals surface area contributed by atoms with Gasteiger partial charge in [0.2, 0.25) is 11.8 Å². The first-order chi connectivity index (χ1) is 11.8. The Kier molecular flexibility index (Phi) is 6.01. The number of benzene rings is 1. The summed E-state index contributed by atoms with van der Waals surface area (Å²) >= 11 is 0. The first-order valence-electron chi connectivity index (χ1n) is 8.22. The van der Waals surface area contributed by atoms with Crippen LogP contribution < -0.4 is 10.1 Å². The van der Waals surface area contributed by atoms with Gasteiger partial charge in [-0.3, -0.25) is 9.59 Å². The second kappa shape index (κ2) is 8.00. The molecule has 25 heavy (non-hydrogen) atoms. The molecule has 7 nitrogen and oxygen atoms in total. The van der Waals surface area contributed by atoms with E-state index in [0.29, 0.717) is 18.0 Å². The Morgan fingerprint density at radius 1 is 1.36 bits per heavy atom. The van der Waals surface area contributed by atoms with E-state index in [1.54, 1.807) is 23.1 Å². The molecule has 1 aliphatic rings. The highest BCUT2D eigenvalue weighted by molar-refractivity contribution is 5.97. The largest absolute Gasteiger partial charge is 0.482 e. The first kappa shape index (κ1) is 18.8. The molecule has 0 saturated carbocycles. The van der Waals surface area contributed by atoms with E-state index in [9.17, 15) is 14.4 Å². The Morgan fingerprint density at radius 2 is 2.08 bits per heavy atom. The number of ether oxygens (including phenoxy) is 2. The summed E-state index contributed by atoms with van der Waals surface area (Å²) in [6.07, 6.45) is 0.239. The van der Waals surface area contributed by atoms with Crippen LogP contribution in [0, 0.1) is 12.8 Å². The maximum atomic E-state index is 12.4. The van der Waals surface area contributed by atoms with Crippen molar-refractivity contribution in [2.24, 2.45) is 5.92 Å². The van der Waals surface area contributed by atoms with E-state index in [-0.39, 0.29) is 36.8 Å². The molecule has 1 aliphatic heterocycles. The molecule has 0 unspecified atom stereocenters. The van der Waals surface area contributed by atoms with E-state index in [2.05, 4.69) is 10.1 Å². The van der Waals surface area contributed by atoms with E-state index in [1.165, 1.54) is 7.11 Å². The van der Waals surface area contributed by atoms with Crippen LogP contribution >= 0.6 is 0 Å². The summed E-state index contributed by atoms with van der Waals surface area (Å²) in [7, 11) is 1.30. The maximum Gasteiger partial charge on any atom is 0.343 e. The standard InChI is InChI=1S/C18H24N2O5/c1-11(2)20-9-13(8-16(20)21)18(23)19-15-6-5-14(7-12(15)3)25-10-17(22)24-4/h5-7,11,13H,8-10H2,1-4H3,(H,19,23)/t13-/m1/s1. The Bertz CT molecular complexity index is 671. The normalized spacial score (nSPS) is 16.9. The summed E-state index contributed by atoms with van der Waals surface area (Å²) in [6, 6.07) is 5.22. The second-order valence-electron chi connectivity index (χ2n) is 6.37. The van der Waals surface area contributed by atoms with Crippen molar-refractivity contribution in [2.75, 3.05) is 25.6 Å². The predicted octanol–water partition coefficient (Wildman–Crippen LogP) is 1.74. The Morgan fingerprint density at radius 3 is 2.64 bits per heavy atom. The average molecular weight is 348 g/mol. The summed E-state index contributed by atoms with van der Waals surface area (Å²) in [6.45, 7) is 5.99. The fourth-order valence-corrected chi connectivity index (χ4v) is 2.71. The third kappa shape index (κ3) is 4.71. The minimum atomic E-state index is -0.462. The molecule has 1 saturated heterocycles. The van der Waals surface area contributed by atoms with Gasteiger partial charge < -0.3 is 19.7 Å². The molecule has 0 aliphatic carbocycles. The van der Waals surface area contributed by atoms with Gasteiger partial charge >= 0.3 is 5.97 Å². The minimum absolute atomic E-state index is 0.0124. The fourth-order valence-electron chi connectivity index (χ4n) is 2.71. The van der Waals surface area contributed by atoms with Gasteiger partial charge in [-0.25, -0.2) is 4.79 Å². The van der Waals surface area contributed by atoms with Crippen molar-refractivity contribution in [1.29, 1.82) is 0 Å². The molecule has 0 aromatic heterocycles. The number of carbonyl (C=O) groups is 3. The molecule has 136 valence electrons. The van der Waals surface area contributed by atoms with Gasteiger partial charge in [0.1, 0.15) is 5.75 Å². The van der Waals surface area contributed by atoms with Crippen molar-refractivity contribution >= 4 is 23.5 Å². The molecule has 1 N–H and O–H groups in total. The molecule has 1 aromatic carbocycles. The lowest BCUT2D eigenvalue weighted by atomic mass is 10.1. The van der Waals surface area contributed by atoms with E-state index in [1.807, 2.05) is 20.8 Å². The van der Waals surface area contributed by atoms with E-state index >= 15 is 0 Å². The van der Waals surface area contributed by atoms with Crippen molar-refractivity contribution in [3.8, 4) is 5.75 Å². The summed E-state index contributed by atoms with van der Waals surface area (Å²) in [5.74, 6) is -0.440. The molecule has 0 spiro atoms. The fraction of sp³-hybridized carbons (Fsp3) is 0.500. The molecule has 2 amide bonds. The van der Waals surface area contributed by atoms with Crippen LogP contribution in [0.4, 0.5) is 5.69 Å². The monoisotopic (exact) mass is 348 g/mol. The number of esters is 1. The van der Waals surface area contributed by atoms with Gasteiger partial charge in [0.15, 0.2) is 6.61 Å². The smallest absolute Gasteiger partial charge is 0.343 e. The average Bonchev–Trinajstić information content (AvgIpc) is 2.97. The van der Waals surface area contributed by atoms with E-state index in [0.717, 1.165) is 5.56 Å². The molecule has 2 rings (SSSR count). The molecule has 0 radical (unpaired) electrons. The van der Waals surface area contributed by atoms with Crippen LogP contribution in [0.2, 0.25) is 0 Å². The number of nitrogens with zero attached hydrogens (tertiary/aromatic N) is 1. The van der Waals surface area contributed by atoms with Gasteiger partial charge in [0.25, 0.3) is 0 Å². The number of hydrogen-bond donors (Lipinski definition) is 1. The Labute approximate surface area is 147 Å². The number of nitrogens with one attached hydrogen (secondary N) is 1. The van der Waals surface area contributed by atoms with Crippen LogP contribution in [0.25, 0.3) is 0 Å². The number of rotatable bonds is 6. The number of hydrogen-bond acceptors (Lipinski definition) is 5. The SMILES string of the molecule is COC(=O)COc1ccc(NC(=O)[C@@H]2CC(=O)N(C(C)C)C2)c(C)c1. The van der Waals surface area contributed by atoms with Crippen LogP contribution in [-0.2, 0) is 19.1 Å². The van der Waals surface area contributed by atoms with Gasteiger partial charge in [0.05, 0.1) is 13.0 Å². The topological polar surface area (TPSA) is 84.9 Å². The van der Waals surface area contributed by atoms with Crippen molar-refractivity contribution in [3.63, 3.8) is 0 Å². The van der Waals surface area contributed by atoms with Crippen molar-refractivity contribution in [1.82, 2.24) is 4.90 Å². The van der Waals surface area contributed by atoms with Crippen molar-refractivity contribution in [2.45, 2.75) is 33.2 Å². The highest BCUT2D eigenvalue weighted by Gasteiger charge is 2.35. The molecular weight excluding hydrogens is 324 g/mol. The van der Waals surface area contributed by atoms with Gasteiger partial charge in [0, 0.05) is 24.7 Å². The summed E-state index contributed by atoms with van der Waals surface area (Å²) in [5.41, 5.74) is 1.46. The Balaban J connectivity index is 1.97. The number of likely N-dealkylation sites (tertiary alicyclic amines) is 1. The van der Waals surface area contributed by atoms with Crippen molar-refractivity contribution in [3.05, 3.63) is 23.8 Å². The van der Waals surface area contributed by atoms with Crippen LogP contribution in [0.15, 0.2) is 18.2 Å². The third-order valence-electron chi connectivity index (χ3n) is 4.19. The van der Waals surface area contributed by atoms with Gasteiger partial charge in [-0.1, -0.05) is 0 Å². The quantitative estimate of drug-likeness (QED) is 0.792. The highest BCUT2D eigenvalue weighted by Crippen LogP contribution is 2.25. The van der Waals surface area contributed by atoms with E-state index < -0.39 is 5.97 Å². The minimum Gasteiger partial charge on any atom is -0.482 e. The molecule has 1 fully saturated rings. The van der Waals surface area contributed by atoms with Crippen LogP contribution in [0.3, 0.4) is 0 Å². The van der Waals surface area contributed by atoms with Crippen LogP contribution in [-0.4, -0.2) is 49.0 Å². The summed E-state index contributed by atoms with van der Waals surface area (Å²) in [4.78, 5) is 37.2. The number of aryl methyl sites for hydroxylation is 1. The lowest BCUT2D eigenvalue weighted by Gasteiger charge is -2.20. The molecule has 1 heterocycles. The summed E-state index contributed by atoms with van der Waals surface area (Å²) < 4.78 is 9.83. The lowest BCUT2D eigenvalue weighted by molar-refractivity contribution is -0.143. The third-order valence-corrected chi connectivity index (χ3v) is 4.19. The second-order valence-corrected chi connectivity index (χ2v) is 6.37. The van der Waals surface area contributed by atoms with Gasteiger partial charge in [-0.05, 0) is 44.5 Å². The van der Waals surface area contributed by atoms with Crippen molar-refractivity contribution < 1.29 is 23.9 Å². The maximum absolute atomic E-state index is 12.4. The molecule has 1 aromatic rings. The van der Waals surface area contributed by atoms with Gasteiger partial charge in [-0.15, -0.1) is 0 Å². The Hall–Kier alpha value is -2.57. The van der Waals surface area contributed by atoms with Gasteiger partial charge in [-0.2, -0.15) is 0 Å². The number of amides is 2. The first-order valence-corrected chi connectivity index (χ1v) is 8.22. The molecule has 0 bridgehead atoms. The zero-order chi connectivity index (χ0) is 18.6. The number of anilines is 1. The zero-order valence-electron chi connectivity index (χ0n) is 15.0. The zero-order valence-corrected chi connectivity index (χ0v) is 15.0.